The third-order valence-corrected chi connectivity index (χ3v) is 5.77. The number of benzene rings is 1. The highest BCUT2D eigenvalue weighted by atomic mass is 16.2. The Hall–Kier alpha value is -2.63. The number of unbranched alkanes of at least 4 members (excludes halogenated alkanes) is 1. The first-order chi connectivity index (χ1) is 13.6. The van der Waals surface area contributed by atoms with Crippen molar-refractivity contribution in [2.45, 2.75) is 65.0 Å². The van der Waals surface area contributed by atoms with Crippen molar-refractivity contribution in [3.05, 3.63) is 47.0 Å². The van der Waals surface area contributed by atoms with Crippen molar-refractivity contribution in [1.82, 2.24) is 14.9 Å². The molecule has 4 rings (SSSR count). The van der Waals surface area contributed by atoms with Gasteiger partial charge in [0.1, 0.15) is 0 Å². The van der Waals surface area contributed by atoms with Crippen LogP contribution >= 0.6 is 0 Å². The summed E-state index contributed by atoms with van der Waals surface area (Å²) in [5, 5.41) is 2.95. The number of hydrogen-bond acceptors (Lipinski definition) is 3. The van der Waals surface area contributed by atoms with Crippen LogP contribution in [0.4, 0.5) is 5.69 Å². The van der Waals surface area contributed by atoms with Gasteiger partial charge in [-0.05, 0) is 50.7 Å². The summed E-state index contributed by atoms with van der Waals surface area (Å²) in [5.74, 6) is 0.121. The first-order valence-corrected chi connectivity index (χ1v) is 10.4. The van der Waals surface area contributed by atoms with Crippen molar-refractivity contribution in [3.8, 4) is 0 Å². The molecule has 3 heterocycles. The van der Waals surface area contributed by atoms with E-state index in [9.17, 15) is 9.59 Å². The fraction of sp³-hybridized carbons (Fsp3) is 0.500. The number of anilines is 1. The van der Waals surface area contributed by atoms with E-state index in [1.54, 1.807) is 0 Å². The molecule has 2 aromatic rings. The molecule has 1 aromatic heterocycles. The number of para-hydroxylation sites is 1. The molecule has 2 aliphatic rings. The number of carbonyl (C=O) groups is 2. The van der Waals surface area contributed by atoms with Crippen LogP contribution < -0.4 is 10.2 Å². The number of nitrogens with one attached hydrogen (secondary N) is 1. The van der Waals surface area contributed by atoms with Crippen molar-refractivity contribution in [1.29, 1.82) is 0 Å². The molecule has 2 aliphatic heterocycles. The number of rotatable bonds is 5. The van der Waals surface area contributed by atoms with Crippen molar-refractivity contribution < 1.29 is 9.59 Å². The SMILES string of the molecule is CCCCNC(=O)c1nc(C(=O)N2c3ccccc3CC2C)c2n1CCCC2. The summed E-state index contributed by atoms with van der Waals surface area (Å²) in [4.78, 5) is 32.6. The van der Waals surface area contributed by atoms with Crippen LogP contribution in [0.15, 0.2) is 24.3 Å². The van der Waals surface area contributed by atoms with E-state index in [0.29, 0.717) is 18.1 Å². The second-order valence-corrected chi connectivity index (χ2v) is 7.81. The van der Waals surface area contributed by atoms with Crippen LogP contribution in [0.5, 0.6) is 0 Å². The van der Waals surface area contributed by atoms with E-state index >= 15 is 0 Å². The highest BCUT2D eigenvalue weighted by Gasteiger charge is 2.36. The molecule has 1 atom stereocenters. The predicted molar refractivity (Wildman–Crippen MR) is 109 cm³/mol. The smallest absolute Gasteiger partial charge is 0.287 e. The molecule has 1 unspecified atom stereocenters. The summed E-state index contributed by atoms with van der Waals surface area (Å²) >= 11 is 0. The third kappa shape index (κ3) is 3.21. The van der Waals surface area contributed by atoms with Crippen LogP contribution in [0.1, 0.15) is 71.9 Å². The number of imidazole rings is 1. The van der Waals surface area contributed by atoms with Gasteiger partial charge in [0.05, 0.1) is 5.69 Å². The number of nitrogens with zero attached hydrogens (tertiary/aromatic N) is 3. The molecule has 0 radical (unpaired) electrons. The molecule has 1 N–H and O–H groups in total. The Bertz CT molecular complexity index is 902. The maximum absolute atomic E-state index is 13.5. The van der Waals surface area contributed by atoms with Gasteiger partial charge in [0.15, 0.2) is 11.5 Å². The second-order valence-electron chi connectivity index (χ2n) is 7.81. The van der Waals surface area contributed by atoms with Crippen molar-refractivity contribution in [2.24, 2.45) is 0 Å². The summed E-state index contributed by atoms with van der Waals surface area (Å²) in [5.41, 5.74) is 3.51. The Morgan fingerprint density at radius 2 is 2.07 bits per heavy atom. The molecule has 0 saturated heterocycles. The topological polar surface area (TPSA) is 67.2 Å². The predicted octanol–water partition coefficient (Wildman–Crippen LogP) is 3.34. The number of hydrogen-bond donors (Lipinski definition) is 1. The van der Waals surface area contributed by atoms with Crippen molar-refractivity contribution in [2.75, 3.05) is 11.4 Å². The van der Waals surface area contributed by atoms with E-state index in [1.165, 1.54) is 5.56 Å². The lowest BCUT2D eigenvalue weighted by atomic mass is 10.1. The van der Waals surface area contributed by atoms with E-state index in [1.807, 2.05) is 27.7 Å². The molecule has 28 heavy (non-hydrogen) atoms. The quantitative estimate of drug-likeness (QED) is 0.809. The molecule has 148 valence electrons. The van der Waals surface area contributed by atoms with Crippen LogP contribution in [-0.4, -0.2) is 34.0 Å². The van der Waals surface area contributed by atoms with Gasteiger partial charge in [0.2, 0.25) is 0 Å². The molecule has 0 spiro atoms. The molecule has 1 aromatic carbocycles. The maximum atomic E-state index is 13.5. The van der Waals surface area contributed by atoms with Gasteiger partial charge < -0.3 is 14.8 Å². The monoisotopic (exact) mass is 380 g/mol. The summed E-state index contributed by atoms with van der Waals surface area (Å²) in [6.07, 6.45) is 5.63. The first-order valence-electron chi connectivity index (χ1n) is 10.4. The fourth-order valence-electron chi connectivity index (χ4n) is 4.33. The largest absolute Gasteiger partial charge is 0.349 e. The summed E-state index contributed by atoms with van der Waals surface area (Å²) < 4.78 is 1.96. The first kappa shape index (κ1) is 18.7. The van der Waals surface area contributed by atoms with Gasteiger partial charge in [-0.3, -0.25) is 9.59 Å². The minimum absolute atomic E-state index is 0.0873. The molecule has 6 heteroatoms. The second kappa shape index (κ2) is 7.78. The lowest BCUT2D eigenvalue weighted by molar-refractivity contribution is 0.0937. The van der Waals surface area contributed by atoms with E-state index in [0.717, 1.165) is 56.5 Å². The third-order valence-electron chi connectivity index (χ3n) is 5.77. The fourth-order valence-corrected chi connectivity index (χ4v) is 4.33. The molecule has 6 nitrogen and oxygen atoms in total. The minimum atomic E-state index is -0.175. The molecule has 0 aliphatic carbocycles. The Kier molecular flexibility index (Phi) is 5.20. The number of fused-ring (bicyclic) bond motifs is 2. The van der Waals surface area contributed by atoms with E-state index in [-0.39, 0.29) is 17.9 Å². The number of amides is 2. The van der Waals surface area contributed by atoms with Gasteiger partial charge in [0, 0.05) is 24.8 Å². The number of aromatic nitrogens is 2. The highest BCUT2D eigenvalue weighted by Crippen LogP contribution is 2.34. The van der Waals surface area contributed by atoms with E-state index in [2.05, 4.69) is 30.2 Å². The normalized spacial score (nSPS) is 17.9. The maximum Gasteiger partial charge on any atom is 0.287 e. The zero-order valence-electron chi connectivity index (χ0n) is 16.7. The average molecular weight is 380 g/mol. The van der Waals surface area contributed by atoms with E-state index < -0.39 is 0 Å². The van der Waals surface area contributed by atoms with Gasteiger partial charge in [-0.1, -0.05) is 31.5 Å². The van der Waals surface area contributed by atoms with Crippen LogP contribution in [0.25, 0.3) is 0 Å². The summed E-state index contributed by atoms with van der Waals surface area (Å²) in [6.45, 7) is 5.55. The number of carbonyl (C=O) groups excluding carboxylic acids is 2. The minimum Gasteiger partial charge on any atom is -0.349 e. The summed E-state index contributed by atoms with van der Waals surface area (Å²) in [7, 11) is 0. The molecular weight excluding hydrogens is 352 g/mol. The van der Waals surface area contributed by atoms with Crippen LogP contribution in [-0.2, 0) is 19.4 Å². The summed E-state index contributed by atoms with van der Waals surface area (Å²) in [6, 6.07) is 8.14. The molecular formula is C22H28N4O2. The van der Waals surface area contributed by atoms with Gasteiger partial charge in [-0.2, -0.15) is 0 Å². The highest BCUT2D eigenvalue weighted by molar-refractivity contribution is 6.08. The Balaban J connectivity index is 1.68. The van der Waals surface area contributed by atoms with E-state index in [4.69, 9.17) is 0 Å². The standard InChI is InChI=1S/C22H28N4O2/c1-3-4-12-23-21(27)20-24-19(18-11-7-8-13-25(18)20)22(28)26-15(2)14-16-9-5-6-10-17(16)26/h5-6,9-10,15H,3-4,7-8,11-14H2,1-2H3,(H,23,27). The molecule has 0 fully saturated rings. The molecule has 0 saturated carbocycles. The zero-order chi connectivity index (χ0) is 19.7. The Labute approximate surface area is 165 Å². The van der Waals surface area contributed by atoms with Crippen LogP contribution in [0.2, 0.25) is 0 Å². The molecule has 2 amide bonds. The lowest BCUT2D eigenvalue weighted by Crippen LogP contribution is -2.36. The van der Waals surface area contributed by atoms with Crippen LogP contribution in [0.3, 0.4) is 0 Å². The van der Waals surface area contributed by atoms with Gasteiger partial charge >= 0.3 is 0 Å². The van der Waals surface area contributed by atoms with Gasteiger partial charge in [-0.25, -0.2) is 4.98 Å². The van der Waals surface area contributed by atoms with Crippen LogP contribution in [0, 0.1) is 0 Å². The molecule has 0 bridgehead atoms. The average Bonchev–Trinajstić information content (AvgIpc) is 3.25. The Morgan fingerprint density at radius 3 is 2.89 bits per heavy atom. The lowest BCUT2D eigenvalue weighted by Gasteiger charge is -2.23. The van der Waals surface area contributed by atoms with Gasteiger partial charge in [-0.15, -0.1) is 0 Å². The van der Waals surface area contributed by atoms with Crippen molar-refractivity contribution in [3.63, 3.8) is 0 Å². The zero-order valence-corrected chi connectivity index (χ0v) is 16.7. The van der Waals surface area contributed by atoms with Crippen molar-refractivity contribution >= 4 is 17.5 Å². The Morgan fingerprint density at radius 1 is 1.25 bits per heavy atom. The van der Waals surface area contributed by atoms with Gasteiger partial charge in [0.25, 0.3) is 11.8 Å².